The second-order valence-electron chi connectivity index (χ2n) is 4.60. The van der Waals surface area contributed by atoms with Gasteiger partial charge in [0.2, 0.25) is 0 Å². The number of carboxylic acids is 1. The minimum Gasteiger partial charge on any atom is -0.478 e. The van der Waals surface area contributed by atoms with Crippen LogP contribution in [0.4, 0.5) is 0 Å². The van der Waals surface area contributed by atoms with Crippen molar-refractivity contribution < 1.29 is 9.90 Å². The van der Waals surface area contributed by atoms with E-state index < -0.39 is 11.7 Å². The van der Waals surface area contributed by atoms with E-state index in [-0.39, 0.29) is 5.56 Å². The molecule has 0 aliphatic carbocycles. The second-order valence-corrected chi connectivity index (χ2v) is 4.60. The molecule has 0 amide bonds. The van der Waals surface area contributed by atoms with Crippen LogP contribution in [0.1, 0.15) is 17.3 Å². The summed E-state index contributed by atoms with van der Waals surface area (Å²) in [5.41, 5.74) is 0.583. The van der Waals surface area contributed by atoms with E-state index in [0.717, 1.165) is 0 Å². The van der Waals surface area contributed by atoms with E-state index >= 15 is 0 Å². The summed E-state index contributed by atoms with van der Waals surface area (Å²) in [5, 5.41) is 19.7. The highest BCUT2D eigenvalue weighted by Crippen LogP contribution is 2.17. The van der Waals surface area contributed by atoms with E-state index in [2.05, 4.69) is 15.3 Å². The molecule has 3 rings (SSSR count). The molecule has 2 aromatic heterocycles. The van der Waals surface area contributed by atoms with Crippen molar-refractivity contribution in [3.63, 3.8) is 0 Å². The largest absolute Gasteiger partial charge is 0.478 e. The molecule has 0 saturated carbocycles. The average Bonchev–Trinajstić information content (AvgIpc) is 3.13. The number of aromatic carboxylic acids is 1. The van der Waals surface area contributed by atoms with Crippen LogP contribution in [0.3, 0.4) is 0 Å². The van der Waals surface area contributed by atoms with Crippen molar-refractivity contribution in [1.29, 1.82) is 0 Å². The Kier molecular flexibility index (Phi) is 3.34. The van der Waals surface area contributed by atoms with Crippen molar-refractivity contribution in [3.05, 3.63) is 52.6 Å². The fourth-order valence-electron chi connectivity index (χ4n) is 2.14. The molecule has 8 heteroatoms. The summed E-state index contributed by atoms with van der Waals surface area (Å²) in [6.45, 7) is 2.65. The molecule has 0 aliphatic heterocycles. The van der Waals surface area contributed by atoms with Crippen molar-refractivity contribution in [2.45, 2.75) is 13.5 Å². The van der Waals surface area contributed by atoms with Gasteiger partial charge in [-0.2, -0.15) is 10.2 Å². The number of aromatic nitrogens is 5. The molecule has 0 aliphatic rings. The molecule has 22 heavy (non-hydrogen) atoms. The number of aromatic amines is 1. The molecule has 0 spiro atoms. The first-order valence-electron chi connectivity index (χ1n) is 6.65. The molecule has 0 bridgehead atoms. The highest BCUT2D eigenvalue weighted by atomic mass is 16.4. The van der Waals surface area contributed by atoms with Gasteiger partial charge in [0, 0.05) is 12.7 Å². The van der Waals surface area contributed by atoms with Gasteiger partial charge in [0.05, 0.1) is 11.3 Å². The van der Waals surface area contributed by atoms with E-state index in [0.29, 0.717) is 23.8 Å². The van der Waals surface area contributed by atoms with Crippen LogP contribution in [0.2, 0.25) is 0 Å². The maximum Gasteiger partial charge on any atom is 0.348 e. The van der Waals surface area contributed by atoms with Gasteiger partial charge in [0.25, 0.3) is 0 Å². The van der Waals surface area contributed by atoms with Crippen molar-refractivity contribution in [3.8, 4) is 17.2 Å². The van der Waals surface area contributed by atoms with Gasteiger partial charge in [-0.25, -0.2) is 19.3 Å². The average molecular weight is 299 g/mol. The van der Waals surface area contributed by atoms with Gasteiger partial charge < -0.3 is 5.11 Å². The monoisotopic (exact) mass is 299 g/mol. The number of rotatable bonds is 4. The van der Waals surface area contributed by atoms with Gasteiger partial charge >= 0.3 is 11.7 Å². The van der Waals surface area contributed by atoms with E-state index in [4.69, 9.17) is 5.11 Å². The van der Waals surface area contributed by atoms with E-state index in [9.17, 15) is 9.59 Å². The smallest absolute Gasteiger partial charge is 0.348 e. The zero-order valence-corrected chi connectivity index (χ0v) is 11.7. The topological polar surface area (TPSA) is 106 Å². The normalized spacial score (nSPS) is 10.8. The Hall–Kier alpha value is -3.16. The van der Waals surface area contributed by atoms with Gasteiger partial charge in [0.1, 0.15) is 5.69 Å². The van der Waals surface area contributed by atoms with Crippen LogP contribution in [0.25, 0.3) is 17.2 Å². The molecular weight excluding hydrogens is 286 g/mol. The Balaban J connectivity index is 2.15. The van der Waals surface area contributed by atoms with Gasteiger partial charge in [-0.05, 0) is 31.2 Å². The number of carbonyl (C=O) groups is 1. The van der Waals surface area contributed by atoms with Crippen LogP contribution in [0, 0.1) is 0 Å². The third-order valence-electron chi connectivity index (χ3n) is 3.22. The number of nitrogens with zero attached hydrogens (tertiary/aromatic N) is 4. The molecule has 2 heterocycles. The maximum absolute atomic E-state index is 12.0. The number of benzene rings is 1. The van der Waals surface area contributed by atoms with E-state index in [1.165, 1.54) is 16.7 Å². The van der Waals surface area contributed by atoms with Crippen LogP contribution in [0.5, 0.6) is 0 Å². The lowest BCUT2D eigenvalue weighted by Crippen LogP contribution is -2.16. The molecule has 0 fully saturated rings. The fourth-order valence-corrected chi connectivity index (χ4v) is 2.14. The Morgan fingerprint density at radius 2 is 2.18 bits per heavy atom. The van der Waals surface area contributed by atoms with Gasteiger partial charge in [-0.15, -0.1) is 0 Å². The number of H-pyrrole nitrogens is 1. The number of hydrogen-bond donors (Lipinski definition) is 2. The van der Waals surface area contributed by atoms with Crippen molar-refractivity contribution in [2.24, 2.45) is 0 Å². The summed E-state index contributed by atoms with van der Waals surface area (Å²) in [6, 6.07) is 7.84. The molecule has 112 valence electrons. The van der Waals surface area contributed by atoms with Gasteiger partial charge in [-0.1, -0.05) is 6.07 Å². The SMILES string of the molecule is CCn1ccc(-c2n[nH]c(=O)n2-c2cccc(C(=O)O)c2)n1. The predicted octanol–water partition coefficient (Wildman–Crippen LogP) is 1.14. The molecule has 0 unspecified atom stereocenters. The summed E-state index contributed by atoms with van der Waals surface area (Å²) in [4.78, 5) is 23.1. The highest BCUT2D eigenvalue weighted by Gasteiger charge is 2.16. The predicted molar refractivity (Wildman–Crippen MR) is 78.0 cm³/mol. The van der Waals surface area contributed by atoms with Crippen LogP contribution >= 0.6 is 0 Å². The first-order chi connectivity index (χ1) is 10.6. The molecule has 2 N–H and O–H groups in total. The zero-order valence-electron chi connectivity index (χ0n) is 11.7. The highest BCUT2D eigenvalue weighted by molar-refractivity contribution is 5.88. The van der Waals surface area contributed by atoms with E-state index in [1.54, 1.807) is 29.1 Å². The van der Waals surface area contributed by atoms with Crippen LogP contribution in [0.15, 0.2) is 41.3 Å². The molecule has 0 atom stereocenters. The second kappa shape index (κ2) is 5.32. The summed E-state index contributed by atoms with van der Waals surface area (Å²) in [6.07, 6.45) is 1.78. The Morgan fingerprint density at radius 3 is 2.86 bits per heavy atom. The number of hydrogen-bond acceptors (Lipinski definition) is 4. The summed E-state index contributed by atoms with van der Waals surface area (Å²) >= 11 is 0. The zero-order chi connectivity index (χ0) is 15.7. The third kappa shape index (κ3) is 2.30. The van der Waals surface area contributed by atoms with Crippen LogP contribution < -0.4 is 5.69 Å². The van der Waals surface area contributed by atoms with Crippen LogP contribution in [-0.2, 0) is 6.54 Å². The lowest BCUT2D eigenvalue weighted by molar-refractivity contribution is 0.0697. The van der Waals surface area contributed by atoms with Crippen molar-refractivity contribution in [2.75, 3.05) is 0 Å². The number of aryl methyl sites for hydroxylation is 1. The number of carboxylic acid groups (broad SMARTS) is 1. The van der Waals surface area contributed by atoms with Gasteiger partial charge in [0.15, 0.2) is 5.82 Å². The van der Waals surface area contributed by atoms with E-state index in [1.807, 2.05) is 6.92 Å². The molecule has 1 aromatic carbocycles. The maximum atomic E-state index is 12.0. The summed E-state index contributed by atoms with van der Waals surface area (Å²) in [7, 11) is 0. The summed E-state index contributed by atoms with van der Waals surface area (Å²) in [5.74, 6) is -0.727. The first-order valence-corrected chi connectivity index (χ1v) is 6.65. The van der Waals surface area contributed by atoms with Crippen LogP contribution in [-0.4, -0.2) is 35.6 Å². The molecule has 0 radical (unpaired) electrons. The van der Waals surface area contributed by atoms with Crippen molar-refractivity contribution >= 4 is 5.97 Å². The molecule has 3 aromatic rings. The quantitative estimate of drug-likeness (QED) is 0.751. The van der Waals surface area contributed by atoms with Crippen molar-refractivity contribution in [1.82, 2.24) is 24.5 Å². The number of nitrogens with one attached hydrogen (secondary N) is 1. The fraction of sp³-hybridized carbons (Fsp3) is 0.143. The molecule has 0 saturated heterocycles. The molecule has 8 nitrogen and oxygen atoms in total. The first kappa shape index (κ1) is 13.8. The Labute approximate surface area is 124 Å². The Bertz CT molecular complexity index is 890. The lowest BCUT2D eigenvalue weighted by Gasteiger charge is -2.05. The summed E-state index contributed by atoms with van der Waals surface area (Å²) < 4.78 is 3.02. The minimum absolute atomic E-state index is 0.0932. The minimum atomic E-state index is -1.06. The third-order valence-corrected chi connectivity index (χ3v) is 3.22. The standard InChI is InChI=1S/C14H13N5O3/c1-2-18-7-6-11(17-18)12-15-16-14(22)19(12)10-5-3-4-9(8-10)13(20)21/h3-8H,2H2,1H3,(H,16,22)(H,20,21). The molecular formula is C14H13N5O3. The Morgan fingerprint density at radius 1 is 1.36 bits per heavy atom. The lowest BCUT2D eigenvalue weighted by atomic mass is 10.2. The van der Waals surface area contributed by atoms with Gasteiger partial charge in [-0.3, -0.25) is 4.68 Å².